The number of carbonyl (C=O) groups is 1. The SMILES string of the molecule is CC(C)S(=O)(=O)c1ccc(C(=O)N2CCOC(c3ccc(Br)cc3)C2)cc1. The number of rotatable bonds is 4. The van der Waals surface area contributed by atoms with Crippen LogP contribution in [0.2, 0.25) is 0 Å². The quantitative estimate of drug-likeness (QED) is 0.707. The largest absolute Gasteiger partial charge is 0.370 e. The van der Waals surface area contributed by atoms with Crippen molar-refractivity contribution in [3.63, 3.8) is 0 Å². The van der Waals surface area contributed by atoms with Gasteiger partial charge < -0.3 is 9.64 Å². The maximum Gasteiger partial charge on any atom is 0.254 e. The summed E-state index contributed by atoms with van der Waals surface area (Å²) in [7, 11) is -3.34. The lowest BCUT2D eigenvalue weighted by molar-refractivity contribution is -0.0228. The van der Waals surface area contributed by atoms with Gasteiger partial charge in [0.1, 0.15) is 6.10 Å². The van der Waals surface area contributed by atoms with E-state index in [4.69, 9.17) is 4.74 Å². The molecule has 0 spiro atoms. The van der Waals surface area contributed by atoms with E-state index in [0.717, 1.165) is 10.0 Å². The molecule has 0 aromatic heterocycles. The third-order valence-corrected chi connectivity index (χ3v) is 7.34. The molecule has 1 aliphatic heterocycles. The van der Waals surface area contributed by atoms with E-state index in [1.807, 2.05) is 24.3 Å². The zero-order chi connectivity index (χ0) is 19.6. The van der Waals surface area contributed by atoms with Gasteiger partial charge in [0.2, 0.25) is 0 Å². The molecule has 2 aromatic carbocycles. The highest BCUT2D eigenvalue weighted by Crippen LogP contribution is 2.25. The molecule has 3 rings (SSSR count). The number of nitrogens with zero attached hydrogens (tertiary/aromatic N) is 1. The molecular weight excluding hydrogens is 430 g/mol. The zero-order valence-electron chi connectivity index (χ0n) is 15.3. The van der Waals surface area contributed by atoms with Gasteiger partial charge in [0.15, 0.2) is 9.84 Å². The Morgan fingerprint density at radius 2 is 1.74 bits per heavy atom. The van der Waals surface area contributed by atoms with Gasteiger partial charge in [-0.05, 0) is 55.8 Å². The van der Waals surface area contributed by atoms with E-state index in [1.54, 1.807) is 30.9 Å². The summed E-state index contributed by atoms with van der Waals surface area (Å²) in [4.78, 5) is 14.8. The number of hydrogen-bond acceptors (Lipinski definition) is 4. The van der Waals surface area contributed by atoms with Gasteiger partial charge in [0, 0.05) is 16.6 Å². The van der Waals surface area contributed by atoms with Gasteiger partial charge in [-0.2, -0.15) is 0 Å². The van der Waals surface area contributed by atoms with Crippen molar-refractivity contribution in [3.05, 3.63) is 64.1 Å². The highest BCUT2D eigenvalue weighted by Gasteiger charge is 2.26. The van der Waals surface area contributed by atoms with Crippen molar-refractivity contribution in [1.29, 1.82) is 0 Å². The summed E-state index contributed by atoms with van der Waals surface area (Å²) in [5, 5.41) is -0.495. The van der Waals surface area contributed by atoms with Crippen LogP contribution >= 0.6 is 15.9 Å². The Morgan fingerprint density at radius 3 is 2.33 bits per heavy atom. The Kier molecular flexibility index (Phi) is 6.03. The second-order valence-corrected chi connectivity index (χ2v) is 10.2. The average Bonchev–Trinajstić information content (AvgIpc) is 2.68. The molecule has 1 atom stereocenters. The summed E-state index contributed by atoms with van der Waals surface area (Å²) in [6.45, 7) is 4.73. The van der Waals surface area contributed by atoms with Crippen LogP contribution in [0, 0.1) is 0 Å². The maximum atomic E-state index is 12.8. The number of morpholine rings is 1. The van der Waals surface area contributed by atoms with E-state index in [0.29, 0.717) is 25.3 Å². The van der Waals surface area contributed by atoms with Gasteiger partial charge in [-0.1, -0.05) is 28.1 Å². The Labute approximate surface area is 168 Å². The minimum Gasteiger partial charge on any atom is -0.370 e. The van der Waals surface area contributed by atoms with Gasteiger partial charge in [0.05, 0.1) is 23.3 Å². The normalized spacial score (nSPS) is 17.9. The Balaban J connectivity index is 1.74. The summed E-state index contributed by atoms with van der Waals surface area (Å²) < 4.78 is 31.3. The summed E-state index contributed by atoms with van der Waals surface area (Å²) in [5.41, 5.74) is 1.50. The fourth-order valence-corrected chi connectivity index (χ4v) is 4.28. The molecule has 0 radical (unpaired) electrons. The smallest absolute Gasteiger partial charge is 0.254 e. The van der Waals surface area contributed by atoms with Crippen LogP contribution in [0.4, 0.5) is 0 Å². The van der Waals surface area contributed by atoms with Gasteiger partial charge >= 0.3 is 0 Å². The fraction of sp³-hybridized carbons (Fsp3) is 0.350. The Morgan fingerprint density at radius 1 is 1.11 bits per heavy atom. The third kappa shape index (κ3) is 4.42. The highest BCUT2D eigenvalue weighted by atomic mass is 79.9. The molecule has 0 aliphatic carbocycles. The number of amides is 1. The number of halogens is 1. The van der Waals surface area contributed by atoms with Crippen LogP contribution in [0.25, 0.3) is 0 Å². The summed E-state index contributed by atoms with van der Waals surface area (Å²) in [6, 6.07) is 14.1. The standard InChI is InChI=1S/C20H22BrNO4S/c1-14(2)27(24,25)18-9-5-16(6-10-18)20(23)22-11-12-26-19(13-22)15-3-7-17(21)8-4-15/h3-10,14,19H,11-13H2,1-2H3. The molecule has 144 valence electrons. The van der Waals surface area contributed by atoms with Crippen molar-refractivity contribution in [2.45, 2.75) is 30.1 Å². The van der Waals surface area contributed by atoms with Crippen molar-refractivity contribution in [1.82, 2.24) is 4.90 Å². The van der Waals surface area contributed by atoms with Crippen molar-refractivity contribution >= 4 is 31.7 Å². The minimum absolute atomic E-state index is 0.117. The molecule has 0 bridgehead atoms. The first-order chi connectivity index (χ1) is 12.8. The minimum atomic E-state index is -3.34. The number of carbonyl (C=O) groups excluding carboxylic acids is 1. The number of ether oxygens (including phenoxy) is 1. The molecule has 27 heavy (non-hydrogen) atoms. The van der Waals surface area contributed by atoms with E-state index in [1.165, 1.54) is 12.1 Å². The maximum absolute atomic E-state index is 12.8. The highest BCUT2D eigenvalue weighted by molar-refractivity contribution is 9.10. The summed E-state index contributed by atoms with van der Waals surface area (Å²) in [5.74, 6) is -0.117. The van der Waals surface area contributed by atoms with Gasteiger partial charge in [0.25, 0.3) is 5.91 Å². The summed E-state index contributed by atoms with van der Waals surface area (Å²) >= 11 is 3.42. The Hall–Kier alpha value is -1.70. The predicted molar refractivity (Wildman–Crippen MR) is 108 cm³/mol. The lowest BCUT2D eigenvalue weighted by atomic mass is 10.1. The molecule has 1 unspecified atom stereocenters. The van der Waals surface area contributed by atoms with Crippen molar-refractivity contribution < 1.29 is 17.9 Å². The third-order valence-electron chi connectivity index (χ3n) is 4.65. The van der Waals surface area contributed by atoms with Gasteiger partial charge in [-0.25, -0.2) is 8.42 Å². The topological polar surface area (TPSA) is 63.7 Å². The molecule has 1 amide bonds. The van der Waals surface area contributed by atoms with Crippen LogP contribution in [-0.2, 0) is 14.6 Å². The molecule has 5 nitrogen and oxygen atoms in total. The zero-order valence-corrected chi connectivity index (χ0v) is 17.7. The number of hydrogen-bond donors (Lipinski definition) is 0. The molecule has 7 heteroatoms. The Bertz CT molecular complexity index is 908. The number of benzene rings is 2. The van der Waals surface area contributed by atoms with Crippen LogP contribution in [0.5, 0.6) is 0 Å². The molecule has 0 N–H and O–H groups in total. The molecule has 2 aromatic rings. The van der Waals surface area contributed by atoms with Gasteiger partial charge in [-0.15, -0.1) is 0 Å². The van der Waals surface area contributed by atoms with Gasteiger partial charge in [-0.3, -0.25) is 4.79 Å². The van der Waals surface area contributed by atoms with Crippen LogP contribution in [0.1, 0.15) is 35.9 Å². The average molecular weight is 452 g/mol. The second kappa shape index (κ2) is 8.12. The van der Waals surface area contributed by atoms with Crippen LogP contribution in [0.15, 0.2) is 57.9 Å². The molecular formula is C20H22BrNO4S. The molecule has 1 fully saturated rings. The first-order valence-electron chi connectivity index (χ1n) is 8.79. The van der Waals surface area contributed by atoms with Crippen molar-refractivity contribution in [2.24, 2.45) is 0 Å². The van der Waals surface area contributed by atoms with Crippen LogP contribution < -0.4 is 0 Å². The molecule has 1 heterocycles. The van der Waals surface area contributed by atoms with Crippen molar-refractivity contribution in [2.75, 3.05) is 19.7 Å². The first kappa shape index (κ1) is 20.0. The van der Waals surface area contributed by atoms with E-state index >= 15 is 0 Å². The van der Waals surface area contributed by atoms with Crippen LogP contribution in [0.3, 0.4) is 0 Å². The van der Waals surface area contributed by atoms with E-state index in [9.17, 15) is 13.2 Å². The van der Waals surface area contributed by atoms with Crippen LogP contribution in [-0.4, -0.2) is 44.2 Å². The molecule has 1 saturated heterocycles. The lowest BCUT2D eigenvalue weighted by Crippen LogP contribution is -2.42. The lowest BCUT2D eigenvalue weighted by Gasteiger charge is -2.33. The monoisotopic (exact) mass is 451 g/mol. The van der Waals surface area contributed by atoms with E-state index < -0.39 is 15.1 Å². The second-order valence-electron chi connectivity index (χ2n) is 6.78. The first-order valence-corrected chi connectivity index (χ1v) is 11.1. The molecule has 1 aliphatic rings. The van der Waals surface area contributed by atoms with E-state index in [-0.39, 0.29) is 16.9 Å². The summed E-state index contributed by atoms with van der Waals surface area (Å²) in [6.07, 6.45) is -0.170. The fourth-order valence-electron chi connectivity index (χ4n) is 2.95. The molecule has 0 saturated carbocycles. The van der Waals surface area contributed by atoms with E-state index in [2.05, 4.69) is 15.9 Å². The van der Waals surface area contributed by atoms with Crippen molar-refractivity contribution in [3.8, 4) is 0 Å². The predicted octanol–water partition coefficient (Wildman–Crippen LogP) is 3.84. The number of sulfone groups is 1.